The molecule has 2 aliphatic carbocycles. The maximum Gasteiger partial charge on any atom is 0.268 e. The molecule has 2 saturated carbocycles. The van der Waals surface area contributed by atoms with Crippen molar-refractivity contribution in [1.82, 2.24) is 19.7 Å². The number of nitrogens with zero attached hydrogens (tertiary/aromatic N) is 3. The molecular weight excluding hydrogens is 454 g/mol. The number of fused-ring (bicyclic) bond motifs is 1. The minimum Gasteiger partial charge on any atom is -0.364 e. The van der Waals surface area contributed by atoms with Crippen LogP contribution >= 0.6 is 0 Å². The van der Waals surface area contributed by atoms with E-state index in [0.717, 1.165) is 0 Å². The number of nitrogens with one attached hydrogen (secondary N) is 1. The van der Waals surface area contributed by atoms with Gasteiger partial charge in [-0.05, 0) is 25.8 Å². The molecule has 34 heavy (non-hydrogen) atoms. The fourth-order valence-electron chi connectivity index (χ4n) is 5.15. The van der Waals surface area contributed by atoms with Crippen molar-refractivity contribution in [3.63, 3.8) is 0 Å². The predicted molar refractivity (Wildman–Crippen MR) is 116 cm³/mol. The van der Waals surface area contributed by atoms with Gasteiger partial charge in [0.15, 0.2) is 5.43 Å². The summed E-state index contributed by atoms with van der Waals surface area (Å²) < 4.78 is 56.4. The highest BCUT2D eigenvalue weighted by atomic mass is 19.3. The lowest BCUT2D eigenvalue weighted by Gasteiger charge is -2.34. The van der Waals surface area contributed by atoms with Gasteiger partial charge in [-0.25, -0.2) is 17.6 Å². The largest absolute Gasteiger partial charge is 0.364 e. The molecule has 0 saturated heterocycles. The summed E-state index contributed by atoms with van der Waals surface area (Å²) in [5.74, 6) is -6.78. The van der Waals surface area contributed by atoms with Crippen LogP contribution < -0.4 is 11.2 Å². The molecule has 3 N–H and O–H groups in total. The van der Waals surface area contributed by atoms with Crippen LogP contribution in [0, 0.1) is 6.92 Å². The first-order valence-electron chi connectivity index (χ1n) is 11.1. The molecule has 2 fully saturated rings. The Balaban J connectivity index is 1.66. The van der Waals surface area contributed by atoms with E-state index >= 15 is 0 Å². The van der Waals surface area contributed by atoms with Crippen LogP contribution in [-0.2, 0) is 0 Å². The van der Waals surface area contributed by atoms with E-state index in [1.54, 1.807) is 11.6 Å². The van der Waals surface area contributed by atoms with Gasteiger partial charge in [0.2, 0.25) is 11.8 Å². The molecule has 2 aliphatic rings. The van der Waals surface area contributed by atoms with E-state index in [0.29, 0.717) is 28.2 Å². The number of aromatic amines is 1. The van der Waals surface area contributed by atoms with Crippen LogP contribution in [-0.4, -0.2) is 37.5 Å². The van der Waals surface area contributed by atoms with Crippen LogP contribution in [0.2, 0.25) is 0 Å². The summed E-state index contributed by atoms with van der Waals surface area (Å²) in [5, 5.41) is 4.67. The number of rotatable bonds is 4. The lowest BCUT2D eigenvalue weighted by molar-refractivity contribution is -0.0879. The van der Waals surface area contributed by atoms with Gasteiger partial charge in [-0.2, -0.15) is 5.10 Å². The Morgan fingerprint density at radius 2 is 1.85 bits per heavy atom. The molecule has 1 amide bonds. The Morgan fingerprint density at radius 1 is 1.18 bits per heavy atom. The van der Waals surface area contributed by atoms with Gasteiger partial charge in [0.25, 0.3) is 5.91 Å². The first-order chi connectivity index (χ1) is 16.0. The minimum atomic E-state index is -2.75. The number of hydrogen-bond donors (Lipinski definition) is 2. The number of nitrogens with two attached hydrogens (primary N) is 1. The second kappa shape index (κ2) is 7.64. The second-order valence-electron chi connectivity index (χ2n) is 9.35. The van der Waals surface area contributed by atoms with Gasteiger partial charge in [-0.3, -0.25) is 19.3 Å². The van der Waals surface area contributed by atoms with E-state index in [1.807, 2.05) is 0 Å². The summed E-state index contributed by atoms with van der Waals surface area (Å²) in [6.07, 6.45) is 0.453. The quantitative estimate of drug-likeness (QED) is 0.541. The zero-order chi connectivity index (χ0) is 24.4. The van der Waals surface area contributed by atoms with Gasteiger partial charge in [-0.15, -0.1) is 0 Å². The molecule has 0 spiro atoms. The van der Waals surface area contributed by atoms with Gasteiger partial charge in [0, 0.05) is 49.4 Å². The van der Waals surface area contributed by atoms with Crippen molar-refractivity contribution < 1.29 is 22.4 Å². The Bertz CT molecular complexity index is 1350. The molecule has 3 heterocycles. The van der Waals surface area contributed by atoms with Gasteiger partial charge in [0.1, 0.15) is 5.69 Å². The van der Waals surface area contributed by atoms with Crippen molar-refractivity contribution in [1.29, 1.82) is 0 Å². The van der Waals surface area contributed by atoms with Crippen molar-refractivity contribution >= 4 is 16.8 Å². The second-order valence-corrected chi connectivity index (χ2v) is 9.35. The third-order valence-electron chi connectivity index (χ3n) is 6.92. The zero-order valence-electron chi connectivity index (χ0n) is 18.4. The molecule has 0 aromatic carbocycles. The van der Waals surface area contributed by atoms with Crippen molar-refractivity contribution in [2.75, 3.05) is 0 Å². The molecule has 5 rings (SSSR count). The van der Waals surface area contributed by atoms with E-state index in [4.69, 9.17) is 5.73 Å². The average molecular weight is 477 g/mol. The summed E-state index contributed by atoms with van der Waals surface area (Å²) in [6.45, 7) is 1.74. The van der Waals surface area contributed by atoms with Gasteiger partial charge in [0.05, 0.1) is 34.0 Å². The van der Waals surface area contributed by atoms with Crippen LogP contribution in [0.1, 0.15) is 72.2 Å². The fourth-order valence-corrected chi connectivity index (χ4v) is 5.15. The van der Waals surface area contributed by atoms with Gasteiger partial charge >= 0.3 is 0 Å². The van der Waals surface area contributed by atoms with Crippen molar-refractivity contribution in [2.45, 2.75) is 69.3 Å². The molecule has 0 radical (unpaired) electrons. The number of H-pyrrole nitrogens is 1. The Hall–Kier alpha value is -3.24. The standard InChI is InChI=1S/C23H23F4N5O2/c1-11-18(12-9-23(26,27)10-12)31-32(13-2-5-22(24,25)6-3-13)20(11)15-8-16(33)17-14(30-15)4-7-29-19(17)21(28)34/h4,7-8,12-13H,2-3,5-6,9-10H2,1H3,(H2,28,34)(H,30,33). The lowest BCUT2D eigenvalue weighted by atomic mass is 9.78. The molecular formula is C23H23F4N5O2. The van der Waals surface area contributed by atoms with E-state index in [2.05, 4.69) is 15.1 Å². The molecule has 3 aromatic rings. The van der Waals surface area contributed by atoms with Crippen LogP contribution in [0.4, 0.5) is 17.6 Å². The summed E-state index contributed by atoms with van der Waals surface area (Å²) in [7, 11) is 0. The molecule has 11 heteroatoms. The number of amides is 1. The Morgan fingerprint density at radius 3 is 2.47 bits per heavy atom. The van der Waals surface area contributed by atoms with Crippen molar-refractivity contribution in [3.05, 3.63) is 45.5 Å². The molecule has 7 nitrogen and oxygen atoms in total. The predicted octanol–water partition coefficient (Wildman–Crippen LogP) is 4.46. The molecule has 0 unspecified atom stereocenters. The van der Waals surface area contributed by atoms with E-state index in [9.17, 15) is 27.2 Å². The number of halogens is 4. The molecule has 0 aliphatic heterocycles. The number of carbonyl (C=O) groups is 1. The third-order valence-corrected chi connectivity index (χ3v) is 6.92. The van der Waals surface area contributed by atoms with Gasteiger partial charge < -0.3 is 10.7 Å². The lowest BCUT2D eigenvalue weighted by Crippen LogP contribution is -2.34. The van der Waals surface area contributed by atoms with E-state index < -0.39 is 29.1 Å². The van der Waals surface area contributed by atoms with Crippen LogP contribution in [0.3, 0.4) is 0 Å². The average Bonchev–Trinajstić information content (AvgIpc) is 3.08. The summed E-state index contributed by atoms with van der Waals surface area (Å²) >= 11 is 0. The monoisotopic (exact) mass is 477 g/mol. The molecule has 3 aromatic heterocycles. The van der Waals surface area contributed by atoms with Crippen molar-refractivity contribution in [3.8, 4) is 11.4 Å². The number of carbonyl (C=O) groups excluding carboxylic acids is 1. The van der Waals surface area contributed by atoms with Crippen LogP contribution in [0.5, 0.6) is 0 Å². The normalized spacial score (nSPS) is 20.4. The first-order valence-corrected chi connectivity index (χ1v) is 11.1. The Kier molecular flexibility index (Phi) is 5.07. The maximum atomic E-state index is 13.8. The van der Waals surface area contributed by atoms with Crippen LogP contribution in [0.15, 0.2) is 23.1 Å². The smallest absolute Gasteiger partial charge is 0.268 e. The first kappa shape index (κ1) is 22.5. The highest BCUT2D eigenvalue weighted by molar-refractivity contribution is 6.03. The summed E-state index contributed by atoms with van der Waals surface area (Å²) in [5.41, 5.74) is 6.99. The van der Waals surface area contributed by atoms with E-state index in [1.165, 1.54) is 18.3 Å². The van der Waals surface area contributed by atoms with Gasteiger partial charge in [-0.1, -0.05) is 0 Å². The third kappa shape index (κ3) is 3.76. The number of aromatic nitrogens is 4. The van der Waals surface area contributed by atoms with Crippen molar-refractivity contribution in [2.24, 2.45) is 5.73 Å². The maximum absolute atomic E-state index is 13.8. The highest BCUT2D eigenvalue weighted by Gasteiger charge is 2.48. The summed E-state index contributed by atoms with van der Waals surface area (Å²) in [4.78, 5) is 31.7. The fraction of sp³-hybridized carbons (Fsp3) is 0.478. The highest BCUT2D eigenvalue weighted by Crippen LogP contribution is 2.50. The number of hydrogen-bond acceptors (Lipinski definition) is 4. The number of pyridine rings is 2. The minimum absolute atomic E-state index is 0.0404. The SMILES string of the molecule is Cc1c(C2CC(F)(F)C2)nn(C2CCC(F)(F)CC2)c1-c1cc(=O)c2c(C(N)=O)nccc2[nH]1. The van der Waals surface area contributed by atoms with E-state index in [-0.39, 0.29) is 55.6 Å². The molecule has 0 bridgehead atoms. The zero-order valence-corrected chi connectivity index (χ0v) is 18.4. The molecule has 0 atom stereocenters. The summed E-state index contributed by atoms with van der Waals surface area (Å²) in [6, 6.07) is 2.45. The Labute approximate surface area is 191 Å². The number of alkyl halides is 4. The topological polar surface area (TPSA) is 107 Å². The molecule has 180 valence electrons. The number of primary amides is 1. The van der Waals surface area contributed by atoms with Crippen LogP contribution in [0.25, 0.3) is 22.3 Å².